The van der Waals surface area contributed by atoms with Crippen molar-refractivity contribution in [3.63, 3.8) is 0 Å². The number of nitrogens with zero attached hydrogens (tertiary/aromatic N) is 4. The Morgan fingerprint density at radius 3 is 2.49 bits per heavy atom. The maximum Gasteiger partial charge on any atom is 0.410 e. The predicted octanol–water partition coefficient (Wildman–Crippen LogP) is 5.49. The first-order valence-electron chi connectivity index (χ1n) is 17.0. The van der Waals surface area contributed by atoms with Crippen molar-refractivity contribution in [3.8, 4) is 0 Å². The second kappa shape index (κ2) is 14.1. The first-order valence-corrected chi connectivity index (χ1v) is 17.0. The van der Waals surface area contributed by atoms with Gasteiger partial charge in [-0.05, 0) is 95.6 Å². The maximum absolute atomic E-state index is 14.6. The monoisotopic (exact) mass is 623 g/mol. The Hall–Kier alpha value is -3.14. The summed E-state index contributed by atoms with van der Waals surface area (Å²) in [6.45, 7) is 12.1. The quantitative estimate of drug-likeness (QED) is 0.332. The van der Waals surface area contributed by atoms with Crippen molar-refractivity contribution in [1.82, 2.24) is 24.7 Å². The van der Waals surface area contributed by atoms with Crippen LogP contribution in [0.25, 0.3) is 11.0 Å². The highest BCUT2D eigenvalue weighted by atomic mass is 16.6. The van der Waals surface area contributed by atoms with Gasteiger partial charge < -0.3 is 29.2 Å². The number of aryl methyl sites for hydroxylation is 1. The maximum atomic E-state index is 14.6. The van der Waals surface area contributed by atoms with Crippen LogP contribution in [-0.4, -0.2) is 88.3 Å². The zero-order valence-corrected chi connectivity index (χ0v) is 28.1. The number of carbonyl (C=O) groups excluding carboxylic acids is 3. The lowest BCUT2D eigenvalue weighted by Crippen LogP contribution is -2.58. The molecule has 0 radical (unpaired) electrons. The van der Waals surface area contributed by atoms with Crippen LogP contribution in [-0.2, 0) is 20.8 Å². The van der Waals surface area contributed by atoms with Crippen molar-refractivity contribution in [2.75, 3.05) is 33.4 Å². The molecule has 2 saturated carbocycles. The van der Waals surface area contributed by atoms with E-state index < -0.39 is 17.6 Å². The lowest BCUT2D eigenvalue weighted by Gasteiger charge is -2.43. The number of hydrogen-bond acceptors (Lipinski definition) is 6. The second-order valence-corrected chi connectivity index (χ2v) is 14.8. The van der Waals surface area contributed by atoms with Gasteiger partial charge in [0.25, 0.3) is 5.91 Å². The van der Waals surface area contributed by atoms with Crippen molar-refractivity contribution < 1.29 is 23.9 Å². The molecule has 3 amide bonds. The van der Waals surface area contributed by atoms with E-state index in [9.17, 15) is 14.4 Å². The molecule has 1 aromatic heterocycles. The molecule has 1 saturated heterocycles. The Morgan fingerprint density at radius 2 is 1.82 bits per heavy atom. The van der Waals surface area contributed by atoms with Gasteiger partial charge >= 0.3 is 6.09 Å². The minimum Gasteiger partial charge on any atom is -0.444 e. The summed E-state index contributed by atoms with van der Waals surface area (Å²) in [5.41, 5.74) is 1.02. The van der Waals surface area contributed by atoms with Crippen molar-refractivity contribution in [2.24, 2.45) is 23.7 Å². The van der Waals surface area contributed by atoms with E-state index in [0.717, 1.165) is 36.2 Å². The van der Waals surface area contributed by atoms with E-state index in [1.165, 1.54) is 19.3 Å². The number of benzene rings is 1. The third kappa shape index (κ3) is 7.81. The molecule has 10 nitrogen and oxygen atoms in total. The van der Waals surface area contributed by atoms with Crippen LogP contribution in [0.5, 0.6) is 0 Å². The van der Waals surface area contributed by atoms with Gasteiger partial charge in [-0.3, -0.25) is 9.59 Å². The molecule has 1 N–H and O–H groups in total. The number of imidazole rings is 1. The van der Waals surface area contributed by atoms with E-state index in [1.54, 1.807) is 12.0 Å². The second-order valence-electron chi connectivity index (χ2n) is 14.8. The number of para-hydroxylation sites is 2. The van der Waals surface area contributed by atoms with E-state index in [4.69, 9.17) is 14.5 Å². The van der Waals surface area contributed by atoms with E-state index in [1.807, 2.05) is 54.5 Å². The molecule has 2 aliphatic carbocycles. The standard InChI is InChI=1S/C35H53N5O5/c1-23(2)20-40(33(42)31-36-29-11-7-8-12-30(29)39(31)17-9-10-18-44-6)26-19-25(21-38(22-26)34(43)45-35(3,4)5)32(41)37-28-16-14-24-13-15-27(24)28/h7-8,11-12,23-28H,9-10,13-22H2,1-6H3,(H,37,41). The lowest BCUT2D eigenvalue weighted by atomic mass is 9.75. The molecule has 1 aromatic carbocycles. The van der Waals surface area contributed by atoms with Gasteiger partial charge in [0.1, 0.15) is 5.60 Å². The number of amides is 3. The Kier molecular flexibility index (Phi) is 10.4. The number of carbonyl (C=O) groups is 3. The molecular weight excluding hydrogens is 570 g/mol. The molecule has 2 aromatic rings. The number of unbranched alkanes of at least 4 members (excludes halogenated alkanes) is 1. The van der Waals surface area contributed by atoms with Crippen LogP contribution in [0.2, 0.25) is 0 Å². The van der Waals surface area contributed by atoms with Crippen LogP contribution < -0.4 is 5.32 Å². The zero-order chi connectivity index (χ0) is 32.3. The van der Waals surface area contributed by atoms with Gasteiger partial charge in [-0.25, -0.2) is 9.78 Å². The first kappa shape index (κ1) is 33.2. The number of aromatic nitrogens is 2. The fourth-order valence-corrected chi connectivity index (χ4v) is 7.44. The van der Waals surface area contributed by atoms with Crippen LogP contribution in [0.15, 0.2) is 24.3 Å². The highest BCUT2D eigenvalue weighted by molar-refractivity contribution is 5.95. The summed E-state index contributed by atoms with van der Waals surface area (Å²) in [6, 6.07) is 7.69. The third-order valence-electron chi connectivity index (χ3n) is 9.71. The number of fused-ring (bicyclic) bond motifs is 2. The number of methoxy groups -OCH3 is 1. The summed E-state index contributed by atoms with van der Waals surface area (Å²) >= 11 is 0. The molecule has 5 unspecified atom stereocenters. The molecule has 45 heavy (non-hydrogen) atoms. The van der Waals surface area contributed by atoms with Crippen molar-refractivity contribution in [3.05, 3.63) is 30.1 Å². The molecule has 1 aliphatic heterocycles. The highest BCUT2D eigenvalue weighted by Gasteiger charge is 2.45. The summed E-state index contributed by atoms with van der Waals surface area (Å²) in [6.07, 6.45) is 6.39. The van der Waals surface area contributed by atoms with Gasteiger partial charge in [0, 0.05) is 45.9 Å². The van der Waals surface area contributed by atoms with Crippen LogP contribution in [0.3, 0.4) is 0 Å². The van der Waals surface area contributed by atoms with Gasteiger partial charge in [0.05, 0.1) is 23.0 Å². The molecular formula is C35H53N5O5. The van der Waals surface area contributed by atoms with Crippen LogP contribution in [0.1, 0.15) is 90.2 Å². The lowest BCUT2D eigenvalue weighted by molar-refractivity contribution is -0.128. The van der Waals surface area contributed by atoms with E-state index in [-0.39, 0.29) is 36.4 Å². The molecule has 3 aliphatic rings. The third-order valence-corrected chi connectivity index (χ3v) is 9.71. The molecule has 3 fully saturated rings. The average Bonchev–Trinajstić information content (AvgIpc) is 3.47. The topological polar surface area (TPSA) is 106 Å². The number of ether oxygens (including phenoxy) is 2. The number of hydrogen-bond donors (Lipinski definition) is 1. The number of likely N-dealkylation sites (tertiary alicyclic amines) is 1. The average molecular weight is 624 g/mol. The SMILES string of the molecule is COCCCCn1c(C(=O)N(CC(C)C)C2CC(C(=O)NC3CCC4CCC43)CN(C(=O)OC(C)(C)C)C2)nc2ccccc21. The smallest absolute Gasteiger partial charge is 0.410 e. The van der Waals surface area contributed by atoms with Crippen molar-refractivity contribution >= 4 is 28.9 Å². The van der Waals surface area contributed by atoms with Gasteiger partial charge in [0.15, 0.2) is 5.82 Å². The molecule has 5 rings (SSSR count). The number of piperidine rings is 1. The summed E-state index contributed by atoms with van der Waals surface area (Å²) in [5.74, 6) is 1.25. The molecule has 5 atom stereocenters. The Balaban J connectivity index is 1.43. The largest absolute Gasteiger partial charge is 0.444 e. The van der Waals surface area contributed by atoms with E-state index >= 15 is 0 Å². The van der Waals surface area contributed by atoms with Crippen molar-refractivity contribution in [2.45, 2.75) is 104 Å². The minimum absolute atomic E-state index is 0.0202. The van der Waals surface area contributed by atoms with Crippen molar-refractivity contribution in [1.29, 1.82) is 0 Å². The summed E-state index contributed by atoms with van der Waals surface area (Å²) in [5, 5.41) is 3.36. The van der Waals surface area contributed by atoms with Crippen LogP contribution in [0.4, 0.5) is 4.79 Å². The fraction of sp³-hybridized carbons (Fsp3) is 0.714. The molecule has 0 bridgehead atoms. The summed E-state index contributed by atoms with van der Waals surface area (Å²) in [7, 11) is 1.70. The molecule has 0 spiro atoms. The van der Waals surface area contributed by atoms with Gasteiger partial charge in [0.2, 0.25) is 5.91 Å². The van der Waals surface area contributed by atoms with Crippen LogP contribution in [0, 0.1) is 23.7 Å². The summed E-state index contributed by atoms with van der Waals surface area (Å²) in [4.78, 5) is 50.2. The fourth-order valence-electron chi connectivity index (χ4n) is 7.44. The number of rotatable bonds is 11. The molecule has 2 heterocycles. The van der Waals surface area contributed by atoms with Gasteiger partial charge in [-0.2, -0.15) is 0 Å². The van der Waals surface area contributed by atoms with Crippen LogP contribution >= 0.6 is 0 Å². The summed E-state index contributed by atoms with van der Waals surface area (Å²) < 4.78 is 13.1. The number of nitrogens with one attached hydrogen (secondary N) is 1. The minimum atomic E-state index is -0.675. The predicted molar refractivity (Wildman–Crippen MR) is 174 cm³/mol. The van der Waals surface area contributed by atoms with E-state index in [0.29, 0.717) is 44.4 Å². The first-order chi connectivity index (χ1) is 21.4. The van der Waals surface area contributed by atoms with E-state index in [2.05, 4.69) is 19.2 Å². The van der Waals surface area contributed by atoms with Gasteiger partial charge in [-0.1, -0.05) is 26.0 Å². The highest BCUT2D eigenvalue weighted by Crippen LogP contribution is 2.47. The Morgan fingerprint density at radius 1 is 1.07 bits per heavy atom. The Labute approximate surface area is 268 Å². The molecule has 10 heteroatoms. The zero-order valence-electron chi connectivity index (χ0n) is 28.1. The van der Waals surface area contributed by atoms with Gasteiger partial charge in [-0.15, -0.1) is 0 Å². The Bertz CT molecular complexity index is 1350. The normalized spacial score (nSPS) is 24.8. The molecule has 248 valence electrons.